The summed E-state index contributed by atoms with van der Waals surface area (Å²) in [6, 6.07) is 13.9. The molecule has 0 amide bonds. The lowest BCUT2D eigenvalue weighted by atomic mass is 10.1. The number of benzene rings is 2. The Bertz CT molecular complexity index is 1090. The standard InChI is InChI=1S/C18H14N4O3/c23-16-11-5-1-3-7-13(11)20-18-21-15(9-10-22(16)18)19-14-8-4-2-6-12(14)17(24)25/h1-8H,9-10H2,(H,24,25)(H,19,20,21)/p+1. The van der Waals surface area contributed by atoms with E-state index in [4.69, 9.17) is 0 Å². The van der Waals surface area contributed by atoms with Crippen LogP contribution < -0.4 is 10.9 Å². The van der Waals surface area contributed by atoms with Crippen molar-refractivity contribution in [2.24, 2.45) is 4.99 Å². The van der Waals surface area contributed by atoms with Gasteiger partial charge in [0, 0.05) is 12.6 Å². The molecule has 0 spiro atoms. The molecule has 0 bridgehead atoms. The zero-order valence-electron chi connectivity index (χ0n) is 13.2. The van der Waals surface area contributed by atoms with Crippen molar-refractivity contribution < 1.29 is 15.2 Å². The molecule has 0 saturated carbocycles. The summed E-state index contributed by atoms with van der Waals surface area (Å²) in [5.41, 5.74) is 1.31. The Morgan fingerprint density at radius 2 is 1.88 bits per heavy atom. The van der Waals surface area contributed by atoms with E-state index in [0.717, 1.165) is 0 Å². The number of nitrogens with zero attached hydrogens (tertiary/aromatic N) is 3. The van der Waals surface area contributed by atoms with Crippen molar-refractivity contribution in [2.75, 3.05) is 0 Å². The molecule has 7 nitrogen and oxygen atoms in total. The first-order chi connectivity index (χ1) is 12.1. The number of rotatable bonds is 2. The molecule has 3 N–H and O–H groups in total. The van der Waals surface area contributed by atoms with Gasteiger partial charge in [-0.3, -0.25) is 14.7 Å². The van der Waals surface area contributed by atoms with E-state index in [1.165, 1.54) is 0 Å². The van der Waals surface area contributed by atoms with Gasteiger partial charge < -0.3 is 5.11 Å². The van der Waals surface area contributed by atoms with Gasteiger partial charge in [-0.1, -0.05) is 24.3 Å². The first-order valence-corrected chi connectivity index (χ1v) is 7.88. The lowest BCUT2D eigenvalue weighted by Gasteiger charge is -2.16. The van der Waals surface area contributed by atoms with Crippen LogP contribution in [0.25, 0.3) is 10.9 Å². The highest BCUT2D eigenvalue weighted by atomic mass is 16.4. The highest BCUT2D eigenvalue weighted by Gasteiger charge is 2.21. The number of quaternary nitrogens is 1. The van der Waals surface area contributed by atoms with Crippen LogP contribution in [0.4, 0.5) is 11.6 Å². The number of nitrogens with two attached hydrogens (primary N) is 1. The van der Waals surface area contributed by atoms with E-state index >= 15 is 0 Å². The van der Waals surface area contributed by atoms with Crippen LogP contribution in [-0.2, 0) is 6.54 Å². The SMILES string of the molecule is O=C(O)c1ccccc1[NH2+]C1=Nc2nc3ccccc3c(=O)n2CC1. The molecule has 124 valence electrons. The summed E-state index contributed by atoms with van der Waals surface area (Å²) in [5.74, 6) is 0.0777. The van der Waals surface area contributed by atoms with Crippen molar-refractivity contribution in [3.05, 3.63) is 64.4 Å². The fourth-order valence-electron chi connectivity index (χ4n) is 2.96. The van der Waals surface area contributed by atoms with Gasteiger partial charge in [0.05, 0.1) is 17.3 Å². The van der Waals surface area contributed by atoms with Crippen LogP contribution >= 0.6 is 0 Å². The molecular weight excluding hydrogens is 320 g/mol. The molecule has 1 aliphatic rings. The van der Waals surface area contributed by atoms with Gasteiger partial charge in [0.2, 0.25) is 11.8 Å². The smallest absolute Gasteiger partial charge is 0.341 e. The zero-order valence-corrected chi connectivity index (χ0v) is 13.2. The summed E-state index contributed by atoms with van der Waals surface area (Å²) < 4.78 is 1.56. The molecule has 1 aromatic heterocycles. The van der Waals surface area contributed by atoms with Gasteiger partial charge in [0.15, 0.2) is 0 Å². The van der Waals surface area contributed by atoms with Gasteiger partial charge in [0.1, 0.15) is 11.3 Å². The van der Waals surface area contributed by atoms with E-state index in [9.17, 15) is 14.7 Å². The Labute approximate surface area is 142 Å². The second-order valence-electron chi connectivity index (χ2n) is 5.78. The highest BCUT2D eigenvalue weighted by Crippen LogP contribution is 2.17. The van der Waals surface area contributed by atoms with Crippen molar-refractivity contribution in [1.82, 2.24) is 9.55 Å². The second-order valence-corrected chi connectivity index (χ2v) is 5.78. The molecule has 2 heterocycles. The molecule has 4 rings (SSSR count). The van der Waals surface area contributed by atoms with Gasteiger partial charge in [0.25, 0.3) is 5.56 Å². The van der Waals surface area contributed by atoms with Gasteiger partial charge in [-0.15, -0.1) is 0 Å². The largest absolute Gasteiger partial charge is 0.477 e. The van der Waals surface area contributed by atoms with Crippen molar-refractivity contribution in [1.29, 1.82) is 0 Å². The van der Waals surface area contributed by atoms with E-state index in [-0.39, 0.29) is 11.1 Å². The minimum Gasteiger partial charge on any atom is -0.477 e. The lowest BCUT2D eigenvalue weighted by Crippen LogP contribution is -2.83. The number of aromatic nitrogens is 2. The van der Waals surface area contributed by atoms with Crippen LogP contribution in [0, 0.1) is 0 Å². The number of fused-ring (bicyclic) bond motifs is 2. The third-order valence-electron chi connectivity index (χ3n) is 4.19. The van der Waals surface area contributed by atoms with Gasteiger partial charge in [-0.05, 0) is 18.2 Å². The molecule has 0 fully saturated rings. The molecule has 0 aliphatic carbocycles. The number of carboxylic acids is 1. The van der Waals surface area contributed by atoms with Gasteiger partial charge in [-0.2, -0.15) is 4.99 Å². The quantitative estimate of drug-likeness (QED) is 0.692. The van der Waals surface area contributed by atoms with Crippen molar-refractivity contribution >= 4 is 34.3 Å². The minimum atomic E-state index is -0.982. The molecule has 0 unspecified atom stereocenters. The first-order valence-electron chi connectivity index (χ1n) is 7.88. The van der Waals surface area contributed by atoms with Crippen molar-refractivity contribution in [3.63, 3.8) is 0 Å². The van der Waals surface area contributed by atoms with Crippen LogP contribution in [-0.4, -0.2) is 26.5 Å². The van der Waals surface area contributed by atoms with Crippen LogP contribution in [0.5, 0.6) is 0 Å². The molecule has 0 saturated heterocycles. The Kier molecular flexibility index (Phi) is 3.62. The van der Waals surface area contributed by atoms with E-state index in [1.807, 2.05) is 12.1 Å². The summed E-state index contributed by atoms with van der Waals surface area (Å²) in [7, 11) is 0. The second kappa shape index (κ2) is 5.95. The summed E-state index contributed by atoms with van der Waals surface area (Å²) >= 11 is 0. The molecular formula is C18H15N4O3+. The number of aliphatic imine (C=N–C) groups is 1. The zero-order chi connectivity index (χ0) is 17.4. The minimum absolute atomic E-state index is 0.102. The third-order valence-corrected chi connectivity index (χ3v) is 4.19. The van der Waals surface area contributed by atoms with E-state index < -0.39 is 5.97 Å². The molecule has 3 aromatic rings. The van der Waals surface area contributed by atoms with E-state index in [2.05, 4.69) is 9.98 Å². The molecule has 0 radical (unpaired) electrons. The number of aromatic carboxylic acids is 1. The maximum Gasteiger partial charge on any atom is 0.341 e. The number of hydrogen-bond acceptors (Lipinski definition) is 4. The van der Waals surface area contributed by atoms with Crippen molar-refractivity contribution in [3.8, 4) is 0 Å². The Morgan fingerprint density at radius 3 is 2.72 bits per heavy atom. The summed E-state index contributed by atoms with van der Waals surface area (Å²) in [5, 5.41) is 11.6. The normalized spacial score (nSPS) is 13.4. The van der Waals surface area contributed by atoms with Crippen LogP contribution in [0.2, 0.25) is 0 Å². The predicted molar refractivity (Wildman–Crippen MR) is 92.7 cm³/mol. The predicted octanol–water partition coefficient (Wildman–Crippen LogP) is 1.42. The summed E-state index contributed by atoms with van der Waals surface area (Å²) in [4.78, 5) is 32.8. The first kappa shape index (κ1) is 15.2. The average molecular weight is 335 g/mol. The topological polar surface area (TPSA) is 101 Å². The van der Waals surface area contributed by atoms with Crippen LogP contribution in [0.3, 0.4) is 0 Å². The maximum atomic E-state index is 12.5. The molecule has 7 heteroatoms. The lowest BCUT2D eigenvalue weighted by molar-refractivity contribution is -0.447. The number of carbonyl (C=O) groups is 1. The highest BCUT2D eigenvalue weighted by molar-refractivity contribution is 5.93. The van der Waals surface area contributed by atoms with Gasteiger partial charge in [-0.25, -0.2) is 9.78 Å². The Balaban J connectivity index is 1.76. The third kappa shape index (κ3) is 2.70. The molecule has 25 heavy (non-hydrogen) atoms. The summed E-state index contributed by atoms with van der Waals surface area (Å²) in [6.07, 6.45) is 0.543. The number of para-hydroxylation sites is 2. The molecule has 2 aromatic carbocycles. The molecule has 1 aliphatic heterocycles. The monoisotopic (exact) mass is 335 g/mol. The van der Waals surface area contributed by atoms with Crippen LogP contribution in [0.15, 0.2) is 58.3 Å². The fraction of sp³-hybridized carbons (Fsp3) is 0.111. The van der Waals surface area contributed by atoms with E-state index in [1.54, 1.807) is 46.3 Å². The van der Waals surface area contributed by atoms with Crippen LogP contribution in [0.1, 0.15) is 16.8 Å². The summed E-state index contributed by atoms with van der Waals surface area (Å²) in [6.45, 7) is 0.469. The van der Waals surface area contributed by atoms with Gasteiger partial charge >= 0.3 is 5.97 Å². The molecule has 0 atom stereocenters. The fourth-order valence-corrected chi connectivity index (χ4v) is 2.96. The van der Waals surface area contributed by atoms with E-state index in [0.29, 0.717) is 41.3 Å². The number of amidine groups is 1. The average Bonchev–Trinajstić information content (AvgIpc) is 2.62. The Hall–Kier alpha value is -3.32. The number of hydrogen-bond donors (Lipinski definition) is 2. The number of carboxylic acid groups (broad SMARTS) is 1. The maximum absolute atomic E-state index is 12.5. The Morgan fingerprint density at radius 1 is 1.12 bits per heavy atom. The van der Waals surface area contributed by atoms with Crippen molar-refractivity contribution in [2.45, 2.75) is 13.0 Å².